The normalized spacial score (nSPS) is 11.7. The number of hydrogen-bond donors (Lipinski definition) is 3. The zero-order valence-electron chi connectivity index (χ0n) is 37.6. The summed E-state index contributed by atoms with van der Waals surface area (Å²) in [4.78, 5) is 35.4. The summed E-state index contributed by atoms with van der Waals surface area (Å²) in [6, 6.07) is 30.3. The maximum atomic E-state index is 16.2. The summed E-state index contributed by atoms with van der Waals surface area (Å²) >= 11 is 2.17. The third kappa shape index (κ3) is 10.7. The summed E-state index contributed by atoms with van der Waals surface area (Å²) in [5.41, 5.74) is 2.89. The van der Waals surface area contributed by atoms with Crippen molar-refractivity contribution in [2.45, 2.75) is 50.9 Å². The lowest BCUT2D eigenvalue weighted by molar-refractivity contribution is 0.0635. The molecule has 0 atom stereocenters. The smallest absolute Gasteiger partial charge is 0.413 e. The fourth-order valence-electron chi connectivity index (χ4n) is 7.18. The molecule has 0 bridgehead atoms. The van der Waals surface area contributed by atoms with Crippen LogP contribution in [-0.2, 0) is 34.4 Å². The molecule has 5 aromatic carbocycles. The van der Waals surface area contributed by atoms with Gasteiger partial charge in [-0.1, -0.05) is 83.3 Å². The molecule has 0 aliphatic heterocycles. The van der Waals surface area contributed by atoms with Crippen molar-refractivity contribution in [3.05, 3.63) is 126 Å². The highest BCUT2D eigenvalue weighted by Gasteiger charge is 2.36. The number of tetrazole rings is 1. The van der Waals surface area contributed by atoms with Crippen molar-refractivity contribution in [1.29, 1.82) is 0 Å². The molecule has 18 nitrogen and oxygen atoms in total. The van der Waals surface area contributed by atoms with Gasteiger partial charge in [-0.05, 0) is 90.7 Å². The number of carboxylic acid groups (broad SMARTS) is 1. The molecule has 3 heterocycles. The first-order valence-electron chi connectivity index (χ1n) is 20.8. The molecule has 0 aliphatic rings. The van der Waals surface area contributed by atoms with Crippen molar-refractivity contribution in [2.24, 2.45) is 0 Å². The molecule has 8 rings (SSSR count). The third-order valence-corrected chi connectivity index (χ3v) is 14.0. The predicted octanol–water partition coefficient (Wildman–Crippen LogP) is 9.64. The maximum Gasteiger partial charge on any atom is 0.413 e. The minimum Gasteiger partial charge on any atom is -0.497 e. The standard InChI is InChI=1S/C47H45N9O9S3/c1-47(2,3)65-46(59)51-43-48-24-38(67-43)36-23-22-34(35-8-7-9-37-40(35)49-44(66-37)50-45(57)58)39(42-52-54-56(53-42)27-30-14-20-33(64-6)21-15-30)41(36)68(60,61)55(25-28-10-16-31(62-4)17-11-28)26-29-12-18-32(63-5)19-13-29/h7-24H,25-27H2,1-6H3,(H,49,50)(H,57,58)(H,48,51,59). The topological polar surface area (TPSA) is 222 Å². The van der Waals surface area contributed by atoms with E-state index >= 15 is 8.42 Å². The Hall–Kier alpha value is -7.46. The van der Waals surface area contributed by atoms with Crippen LogP contribution in [0, 0.1) is 0 Å². The Morgan fingerprint density at radius 3 is 1.90 bits per heavy atom. The van der Waals surface area contributed by atoms with E-state index in [0.29, 0.717) is 54.6 Å². The van der Waals surface area contributed by atoms with E-state index in [0.717, 1.165) is 28.2 Å². The van der Waals surface area contributed by atoms with E-state index in [4.69, 9.17) is 24.0 Å². The minimum atomic E-state index is -4.68. The van der Waals surface area contributed by atoms with E-state index in [1.807, 2.05) is 24.3 Å². The summed E-state index contributed by atoms with van der Waals surface area (Å²) in [6.07, 6.45) is -0.551. The first-order valence-corrected chi connectivity index (χ1v) is 23.9. The van der Waals surface area contributed by atoms with Gasteiger partial charge in [-0.3, -0.25) is 10.6 Å². The van der Waals surface area contributed by atoms with Gasteiger partial charge in [0.2, 0.25) is 15.8 Å². The average Bonchev–Trinajstić information content (AvgIpc) is 4.08. The number of para-hydroxylation sites is 1. The monoisotopic (exact) mass is 975 g/mol. The number of aromatic nitrogens is 6. The predicted molar refractivity (Wildman–Crippen MR) is 259 cm³/mol. The number of methoxy groups -OCH3 is 3. The number of anilines is 2. The number of ether oxygens (including phenoxy) is 4. The van der Waals surface area contributed by atoms with Crippen molar-refractivity contribution < 1.29 is 42.1 Å². The van der Waals surface area contributed by atoms with Gasteiger partial charge >= 0.3 is 12.2 Å². The largest absolute Gasteiger partial charge is 0.497 e. The molecule has 8 aromatic rings. The Bertz CT molecular complexity index is 3150. The molecule has 68 heavy (non-hydrogen) atoms. The van der Waals surface area contributed by atoms with E-state index in [-0.39, 0.29) is 51.7 Å². The number of nitrogens with one attached hydrogen (secondary N) is 2. The molecule has 0 unspecified atom stereocenters. The molecular weight excluding hydrogens is 931 g/mol. The molecule has 0 radical (unpaired) electrons. The van der Waals surface area contributed by atoms with E-state index < -0.39 is 27.8 Å². The summed E-state index contributed by atoms with van der Waals surface area (Å²) < 4.78 is 56.1. The highest BCUT2D eigenvalue weighted by Crippen LogP contribution is 2.47. The third-order valence-electron chi connectivity index (χ3n) is 10.3. The van der Waals surface area contributed by atoms with Crippen LogP contribution in [-0.4, -0.2) is 87.1 Å². The van der Waals surface area contributed by atoms with Crippen LogP contribution >= 0.6 is 22.7 Å². The lowest BCUT2D eigenvalue weighted by Crippen LogP contribution is -2.31. The fraction of sp³-hybridized carbons (Fsp3) is 0.213. The second-order valence-corrected chi connectivity index (χ2v) is 20.0. The summed E-state index contributed by atoms with van der Waals surface area (Å²) in [7, 11) is 0.00272. The van der Waals surface area contributed by atoms with E-state index in [1.54, 1.807) is 121 Å². The van der Waals surface area contributed by atoms with Crippen LogP contribution in [0.4, 0.5) is 19.9 Å². The number of benzene rings is 5. The lowest BCUT2D eigenvalue weighted by atomic mass is 9.95. The number of rotatable bonds is 16. The van der Waals surface area contributed by atoms with Gasteiger partial charge in [0.15, 0.2) is 10.3 Å². The quantitative estimate of drug-likeness (QED) is 0.0820. The van der Waals surface area contributed by atoms with Crippen LogP contribution in [0.1, 0.15) is 37.5 Å². The zero-order chi connectivity index (χ0) is 48.2. The van der Waals surface area contributed by atoms with Crippen molar-refractivity contribution in [3.8, 4) is 50.2 Å². The molecule has 0 saturated carbocycles. The molecule has 3 aromatic heterocycles. The van der Waals surface area contributed by atoms with Gasteiger partial charge in [0, 0.05) is 30.4 Å². The first kappa shape index (κ1) is 47.0. The molecular formula is C47H45N9O9S3. The number of amides is 2. The average molecular weight is 976 g/mol. The molecule has 0 aliphatic carbocycles. The molecule has 350 valence electrons. The summed E-state index contributed by atoms with van der Waals surface area (Å²) in [6.45, 7) is 5.22. The van der Waals surface area contributed by atoms with Crippen molar-refractivity contribution >= 4 is 65.4 Å². The van der Waals surface area contributed by atoms with Crippen LogP contribution in [0.15, 0.2) is 114 Å². The Balaban J connectivity index is 1.39. The van der Waals surface area contributed by atoms with Crippen LogP contribution in [0.25, 0.3) is 43.2 Å². The lowest BCUT2D eigenvalue weighted by Gasteiger charge is -2.26. The van der Waals surface area contributed by atoms with Gasteiger partial charge < -0.3 is 24.1 Å². The van der Waals surface area contributed by atoms with Crippen LogP contribution < -0.4 is 24.8 Å². The first-order chi connectivity index (χ1) is 32.6. The number of fused-ring (bicyclic) bond motifs is 1. The Labute approximate surface area is 399 Å². The number of carbonyl (C=O) groups excluding carboxylic acids is 1. The Morgan fingerprint density at radius 1 is 0.735 bits per heavy atom. The van der Waals surface area contributed by atoms with Gasteiger partial charge in [-0.2, -0.15) is 9.10 Å². The molecule has 3 N–H and O–H groups in total. The second kappa shape index (κ2) is 19.8. The van der Waals surface area contributed by atoms with E-state index in [2.05, 4.69) is 30.9 Å². The van der Waals surface area contributed by atoms with Gasteiger partial charge in [-0.25, -0.2) is 28.0 Å². The summed E-state index contributed by atoms with van der Waals surface area (Å²) in [5.74, 6) is 1.82. The van der Waals surface area contributed by atoms with Crippen molar-refractivity contribution in [2.75, 3.05) is 32.0 Å². The van der Waals surface area contributed by atoms with Crippen molar-refractivity contribution in [1.82, 2.24) is 34.5 Å². The maximum absolute atomic E-state index is 16.2. The molecule has 21 heteroatoms. The Kier molecular flexibility index (Phi) is 13.7. The van der Waals surface area contributed by atoms with E-state index in [1.165, 1.54) is 15.3 Å². The second-order valence-electron chi connectivity index (χ2n) is 16.1. The molecule has 0 spiro atoms. The zero-order valence-corrected chi connectivity index (χ0v) is 40.0. The molecule has 0 saturated heterocycles. The number of sulfonamides is 1. The fourth-order valence-corrected chi connectivity index (χ4v) is 10.8. The SMILES string of the molecule is COc1ccc(CN(Cc2ccc(OC)cc2)S(=O)(=O)c2c(-c3cnc(NC(=O)OC(C)(C)C)s3)ccc(-c3cccc4sc(NC(=O)O)nc34)c2-c2nnn(Cc3ccc(OC)cc3)n2)cc1. The van der Waals surface area contributed by atoms with Crippen LogP contribution in [0.2, 0.25) is 0 Å². The van der Waals surface area contributed by atoms with Crippen LogP contribution in [0.3, 0.4) is 0 Å². The number of hydrogen-bond acceptors (Lipinski definition) is 15. The Morgan fingerprint density at radius 2 is 1.32 bits per heavy atom. The van der Waals surface area contributed by atoms with Gasteiger partial charge in [0.25, 0.3) is 0 Å². The number of thiazole rings is 2. The summed E-state index contributed by atoms with van der Waals surface area (Å²) in [5, 5.41) is 28.7. The highest BCUT2D eigenvalue weighted by atomic mass is 32.2. The van der Waals surface area contributed by atoms with Gasteiger partial charge in [0.1, 0.15) is 27.7 Å². The van der Waals surface area contributed by atoms with Crippen molar-refractivity contribution in [3.63, 3.8) is 0 Å². The van der Waals surface area contributed by atoms with Gasteiger partial charge in [-0.15, -0.1) is 10.2 Å². The molecule has 0 fully saturated rings. The van der Waals surface area contributed by atoms with E-state index in [9.17, 15) is 14.7 Å². The highest BCUT2D eigenvalue weighted by molar-refractivity contribution is 7.89. The molecule has 2 amide bonds. The van der Waals surface area contributed by atoms with Crippen LogP contribution in [0.5, 0.6) is 17.2 Å². The van der Waals surface area contributed by atoms with Gasteiger partial charge in [0.05, 0.1) is 48.5 Å². The minimum absolute atomic E-state index is 0.0319. The number of nitrogens with zero attached hydrogens (tertiary/aromatic N) is 7. The number of carbonyl (C=O) groups is 2.